The third-order valence-corrected chi connectivity index (χ3v) is 3.36. The van der Waals surface area contributed by atoms with E-state index in [0.717, 1.165) is 31.0 Å². The first-order valence-electron chi connectivity index (χ1n) is 7.48. The number of morpholine rings is 1. The molecule has 1 atom stereocenters. The molecule has 1 fully saturated rings. The fourth-order valence-electron chi connectivity index (χ4n) is 2.28. The van der Waals surface area contributed by atoms with Gasteiger partial charge in [0.25, 0.3) is 0 Å². The summed E-state index contributed by atoms with van der Waals surface area (Å²) in [5.74, 6) is 2.69. The Kier molecular flexibility index (Phi) is 4.59. The third-order valence-electron chi connectivity index (χ3n) is 3.36. The second kappa shape index (κ2) is 6.80. The van der Waals surface area contributed by atoms with Gasteiger partial charge in [0.05, 0.1) is 18.8 Å². The van der Waals surface area contributed by atoms with Gasteiger partial charge in [0.2, 0.25) is 5.89 Å². The maximum atomic E-state index is 5.73. The molecule has 3 rings (SSSR count). The van der Waals surface area contributed by atoms with E-state index in [0.29, 0.717) is 30.7 Å². The van der Waals surface area contributed by atoms with Gasteiger partial charge in [0, 0.05) is 25.6 Å². The predicted octanol–water partition coefficient (Wildman–Crippen LogP) is 1.00. The molecule has 2 aromatic rings. The van der Waals surface area contributed by atoms with Crippen molar-refractivity contribution >= 4 is 5.82 Å². The lowest BCUT2D eigenvalue weighted by molar-refractivity contribution is 0.0249. The topological polar surface area (TPSA) is 98.0 Å². The second-order valence-electron chi connectivity index (χ2n) is 5.10. The van der Waals surface area contributed by atoms with Gasteiger partial charge in [-0.15, -0.1) is 0 Å². The molecule has 8 nitrogen and oxygen atoms in total. The minimum Gasteiger partial charge on any atom is -0.369 e. The Labute approximate surface area is 128 Å². The van der Waals surface area contributed by atoms with Crippen molar-refractivity contribution in [2.45, 2.75) is 32.9 Å². The lowest BCUT2D eigenvalue weighted by atomic mass is 10.2. The van der Waals surface area contributed by atoms with Crippen LogP contribution in [0.25, 0.3) is 0 Å². The number of ether oxygens (including phenoxy) is 1. The Morgan fingerprint density at radius 2 is 2.27 bits per heavy atom. The molecule has 118 valence electrons. The van der Waals surface area contributed by atoms with Crippen LogP contribution in [0.5, 0.6) is 0 Å². The zero-order valence-electron chi connectivity index (χ0n) is 12.8. The zero-order chi connectivity index (χ0) is 15.4. The van der Waals surface area contributed by atoms with Gasteiger partial charge in [0.15, 0.2) is 5.82 Å². The van der Waals surface area contributed by atoms with Crippen molar-refractivity contribution in [3.63, 3.8) is 0 Å². The summed E-state index contributed by atoms with van der Waals surface area (Å²) in [5.41, 5.74) is 0.879. The summed E-state index contributed by atoms with van der Waals surface area (Å²) in [6.45, 7) is 6.64. The van der Waals surface area contributed by atoms with Gasteiger partial charge < -0.3 is 19.9 Å². The normalized spacial score (nSPS) is 18.4. The number of nitrogens with one attached hydrogen (secondary N) is 2. The van der Waals surface area contributed by atoms with E-state index in [4.69, 9.17) is 9.26 Å². The van der Waals surface area contributed by atoms with Crippen LogP contribution in [0.15, 0.2) is 10.6 Å². The van der Waals surface area contributed by atoms with E-state index in [1.165, 1.54) is 0 Å². The van der Waals surface area contributed by atoms with Crippen molar-refractivity contribution in [2.75, 3.05) is 25.0 Å². The summed E-state index contributed by atoms with van der Waals surface area (Å²) in [6, 6.07) is 1.91. The molecule has 1 aliphatic rings. The van der Waals surface area contributed by atoms with Crippen LogP contribution in [0, 0.1) is 6.92 Å². The number of hydrogen-bond acceptors (Lipinski definition) is 8. The van der Waals surface area contributed by atoms with Crippen LogP contribution < -0.4 is 10.6 Å². The van der Waals surface area contributed by atoms with Crippen molar-refractivity contribution in [1.29, 1.82) is 0 Å². The molecule has 0 amide bonds. The lowest BCUT2D eigenvalue weighted by Gasteiger charge is -2.23. The summed E-state index contributed by atoms with van der Waals surface area (Å²) in [6.07, 6.45) is 0.698. The predicted molar refractivity (Wildman–Crippen MR) is 79.3 cm³/mol. The minimum absolute atomic E-state index is 0.0344. The summed E-state index contributed by atoms with van der Waals surface area (Å²) in [5, 5.41) is 10.4. The van der Waals surface area contributed by atoms with Crippen LogP contribution in [-0.4, -0.2) is 39.8 Å². The molecule has 1 aliphatic heterocycles. The molecule has 22 heavy (non-hydrogen) atoms. The van der Waals surface area contributed by atoms with Gasteiger partial charge in [-0.2, -0.15) is 4.98 Å². The molecule has 1 saturated heterocycles. The van der Waals surface area contributed by atoms with Crippen LogP contribution in [0.3, 0.4) is 0 Å². The first-order valence-corrected chi connectivity index (χ1v) is 7.48. The molecule has 2 N–H and O–H groups in total. The number of anilines is 1. The maximum absolute atomic E-state index is 5.73. The van der Waals surface area contributed by atoms with Crippen LogP contribution in [0.2, 0.25) is 0 Å². The van der Waals surface area contributed by atoms with E-state index in [1.54, 1.807) is 0 Å². The molecular formula is C14H20N6O2. The standard InChI is InChI=1S/C14H20N6O2/c1-3-14-19-13(20-22-14)8-16-12-6-10(17-9(2)18-12)11-7-15-4-5-21-11/h6,11,15H,3-5,7-8H2,1-2H3,(H,16,17,18)/t11-/m0/s1. The van der Waals surface area contributed by atoms with Crippen LogP contribution in [0.1, 0.15) is 36.3 Å². The van der Waals surface area contributed by atoms with E-state index in [1.807, 2.05) is 19.9 Å². The smallest absolute Gasteiger partial charge is 0.226 e. The Bertz CT molecular complexity index is 624. The number of aromatic nitrogens is 4. The van der Waals surface area contributed by atoms with E-state index < -0.39 is 0 Å². The zero-order valence-corrected chi connectivity index (χ0v) is 12.8. The summed E-state index contributed by atoms with van der Waals surface area (Å²) >= 11 is 0. The van der Waals surface area contributed by atoms with Crippen molar-refractivity contribution in [3.05, 3.63) is 29.3 Å². The fourth-order valence-corrected chi connectivity index (χ4v) is 2.28. The summed E-state index contributed by atoms with van der Waals surface area (Å²) in [4.78, 5) is 13.1. The molecule has 0 bridgehead atoms. The Morgan fingerprint density at radius 1 is 1.36 bits per heavy atom. The quantitative estimate of drug-likeness (QED) is 0.844. The molecule has 8 heteroatoms. The summed E-state index contributed by atoms with van der Waals surface area (Å²) < 4.78 is 10.8. The molecule has 0 saturated carbocycles. The lowest BCUT2D eigenvalue weighted by Crippen LogP contribution is -2.34. The molecule has 0 spiro atoms. The van der Waals surface area contributed by atoms with Gasteiger partial charge in [-0.25, -0.2) is 9.97 Å². The molecule has 2 aromatic heterocycles. The molecule has 3 heterocycles. The monoisotopic (exact) mass is 304 g/mol. The Balaban J connectivity index is 1.68. The van der Waals surface area contributed by atoms with Crippen LogP contribution in [-0.2, 0) is 17.7 Å². The minimum atomic E-state index is -0.0344. The van der Waals surface area contributed by atoms with Crippen molar-refractivity contribution in [3.8, 4) is 0 Å². The van der Waals surface area contributed by atoms with Crippen LogP contribution >= 0.6 is 0 Å². The molecule has 0 aliphatic carbocycles. The first-order chi connectivity index (χ1) is 10.7. The Hall–Kier alpha value is -2.06. The van der Waals surface area contributed by atoms with E-state index >= 15 is 0 Å². The number of rotatable bonds is 5. The molecule has 0 unspecified atom stereocenters. The van der Waals surface area contributed by atoms with E-state index in [9.17, 15) is 0 Å². The van der Waals surface area contributed by atoms with Gasteiger partial charge in [-0.1, -0.05) is 12.1 Å². The largest absolute Gasteiger partial charge is 0.369 e. The van der Waals surface area contributed by atoms with Crippen molar-refractivity contribution in [1.82, 2.24) is 25.4 Å². The average molecular weight is 304 g/mol. The van der Waals surface area contributed by atoms with Gasteiger partial charge in [-0.3, -0.25) is 0 Å². The number of hydrogen-bond donors (Lipinski definition) is 2. The van der Waals surface area contributed by atoms with Gasteiger partial charge in [0.1, 0.15) is 17.7 Å². The Morgan fingerprint density at radius 3 is 3.00 bits per heavy atom. The van der Waals surface area contributed by atoms with Crippen molar-refractivity contribution in [2.24, 2.45) is 0 Å². The number of nitrogens with zero attached hydrogens (tertiary/aromatic N) is 4. The average Bonchev–Trinajstić information content (AvgIpc) is 3.01. The van der Waals surface area contributed by atoms with Gasteiger partial charge >= 0.3 is 0 Å². The van der Waals surface area contributed by atoms with E-state index in [2.05, 4.69) is 30.7 Å². The van der Waals surface area contributed by atoms with Crippen LogP contribution in [0.4, 0.5) is 5.82 Å². The van der Waals surface area contributed by atoms with E-state index in [-0.39, 0.29) is 6.10 Å². The molecule has 0 aromatic carbocycles. The third kappa shape index (κ3) is 3.58. The number of aryl methyl sites for hydroxylation is 2. The highest BCUT2D eigenvalue weighted by Crippen LogP contribution is 2.19. The highest BCUT2D eigenvalue weighted by atomic mass is 16.5. The first kappa shape index (κ1) is 14.9. The fraction of sp³-hybridized carbons (Fsp3) is 0.571. The molecular weight excluding hydrogens is 284 g/mol. The van der Waals surface area contributed by atoms with Gasteiger partial charge in [-0.05, 0) is 6.92 Å². The highest BCUT2D eigenvalue weighted by molar-refractivity contribution is 5.37. The molecule has 0 radical (unpaired) electrons. The summed E-state index contributed by atoms with van der Waals surface area (Å²) in [7, 11) is 0. The maximum Gasteiger partial charge on any atom is 0.226 e. The van der Waals surface area contributed by atoms with Crippen molar-refractivity contribution < 1.29 is 9.26 Å². The highest BCUT2D eigenvalue weighted by Gasteiger charge is 2.18. The second-order valence-corrected chi connectivity index (χ2v) is 5.10. The SMILES string of the molecule is CCc1nc(CNc2cc([C@@H]3CNCCO3)nc(C)n2)no1.